The molecule has 0 unspecified atom stereocenters. The second kappa shape index (κ2) is 10.7. The predicted octanol–water partition coefficient (Wildman–Crippen LogP) is 1.84. The fourth-order valence-corrected chi connectivity index (χ4v) is 3.08. The van der Waals surface area contributed by atoms with E-state index in [0.717, 1.165) is 43.2 Å². The van der Waals surface area contributed by atoms with E-state index < -0.39 is 0 Å². The lowest BCUT2D eigenvalue weighted by Gasteiger charge is -2.36. The third kappa shape index (κ3) is 5.65. The van der Waals surface area contributed by atoms with Gasteiger partial charge in [-0.1, -0.05) is 5.16 Å². The number of aromatic nitrogens is 4. The molecule has 3 heterocycles. The Kier molecular flexibility index (Phi) is 8.66. The van der Waals surface area contributed by atoms with Gasteiger partial charge in [-0.2, -0.15) is 9.97 Å². The van der Waals surface area contributed by atoms with Crippen LogP contribution in [0.5, 0.6) is 5.88 Å². The summed E-state index contributed by atoms with van der Waals surface area (Å²) in [6.45, 7) is 8.16. The molecule has 0 aromatic carbocycles. The zero-order valence-corrected chi connectivity index (χ0v) is 20.0. The smallest absolute Gasteiger partial charge is 0.248 e. The zero-order chi connectivity index (χ0) is 19.2. The Morgan fingerprint density at radius 3 is 2.68 bits per heavy atom. The molecular formula is C16H24BrIN8O2. The van der Waals surface area contributed by atoms with Crippen molar-refractivity contribution in [1.29, 1.82) is 0 Å². The molecule has 12 heteroatoms. The van der Waals surface area contributed by atoms with E-state index in [2.05, 4.69) is 56.1 Å². The SMILES string of the molecule is CCNC(=NCc1nc(C)no1)N1CCN(c2ncc(Br)c(OC)n2)CC1.I. The van der Waals surface area contributed by atoms with E-state index in [9.17, 15) is 0 Å². The molecule has 1 saturated heterocycles. The first-order chi connectivity index (χ1) is 13.1. The van der Waals surface area contributed by atoms with Gasteiger partial charge in [0.2, 0.25) is 17.7 Å². The van der Waals surface area contributed by atoms with Crippen LogP contribution in [0.1, 0.15) is 18.6 Å². The summed E-state index contributed by atoms with van der Waals surface area (Å²) in [6, 6.07) is 0. The van der Waals surface area contributed by atoms with E-state index in [1.165, 1.54) is 0 Å². The number of rotatable bonds is 5. The van der Waals surface area contributed by atoms with Crippen molar-refractivity contribution in [3.8, 4) is 5.88 Å². The second-order valence-corrected chi connectivity index (χ2v) is 6.76. The summed E-state index contributed by atoms with van der Waals surface area (Å²) in [6.07, 6.45) is 1.71. The van der Waals surface area contributed by atoms with Gasteiger partial charge in [-0.05, 0) is 29.8 Å². The maximum atomic E-state index is 5.26. The quantitative estimate of drug-likeness (QED) is 0.330. The van der Waals surface area contributed by atoms with Crippen LogP contribution in [-0.2, 0) is 6.54 Å². The van der Waals surface area contributed by atoms with Crippen LogP contribution in [0.4, 0.5) is 5.95 Å². The summed E-state index contributed by atoms with van der Waals surface area (Å²) >= 11 is 3.38. The molecule has 1 aliphatic rings. The molecule has 1 aliphatic heterocycles. The maximum Gasteiger partial charge on any atom is 0.248 e. The number of hydrogen-bond donors (Lipinski definition) is 1. The van der Waals surface area contributed by atoms with Gasteiger partial charge < -0.3 is 24.4 Å². The molecule has 3 rings (SSSR count). The summed E-state index contributed by atoms with van der Waals surface area (Å²) in [4.78, 5) is 22.0. The van der Waals surface area contributed by atoms with Gasteiger partial charge in [0.05, 0.1) is 17.8 Å². The Morgan fingerprint density at radius 1 is 1.32 bits per heavy atom. The number of halogens is 2. The van der Waals surface area contributed by atoms with E-state index >= 15 is 0 Å². The van der Waals surface area contributed by atoms with Crippen LogP contribution in [0.3, 0.4) is 0 Å². The first-order valence-electron chi connectivity index (χ1n) is 8.74. The van der Waals surface area contributed by atoms with Gasteiger partial charge in [0.25, 0.3) is 0 Å². The van der Waals surface area contributed by atoms with Crippen molar-refractivity contribution in [3.05, 3.63) is 22.4 Å². The van der Waals surface area contributed by atoms with Crippen molar-refractivity contribution in [3.63, 3.8) is 0 Å². The van der Waals surface area contributed by atoms with E-state index in [4.69, 9.17) is 9.26 Å². The normalized spacial score (nSPS) is 14.6. The average molecular weight is 567 g/mol. The number of methoxy groups -OCH3 is 1. The number of anilines is 1. The third-order valence-corrected chi connectivity index (χ3v) is 4.57. The summed E-state index contributed by atoms with van der Waals surface area (Å²) in [5, 5.41) is 7.11. The standard InChI is InChI=1S/C16H23BrN8O2.HI/c1-4-18-15(20-10-13-21-11(2)23-27-13)24-5-7-25(8-6-24)16-19-9-12(17)14(22-16)26-3;/h9H,4-8,10H2,1-3H3,(H,18,20);1H. The Hall–Kier alpha value is -1.70. The molecular weight excluding hydrogens is 543 g/mol. The fourth-order valence-electron chi connectivity index (χ4n) is 2.73. The molecule has 2 aromatic heterocycles. The highest BCUT2D eigenvalue weighted by Crippen LogP contribution is 2.23. The largest absolute Gasteiger partial charge is 0.480 e. The monoisotopic (exact) mass is 566 g/mol. The number of ether oxygens (including phenoxy) is 1. The van der Waals surface area contributed by atoms with Crippen molar-refractivity contribution in [2.75, 3.05) is 44.7 Å². The molecule has 10 nitrogen and oxygen atoms in total. The van der Waals surface area contributed by atoms with Gasteiger partial charge in [0, 0.05) is 32.7 Å². The Balaban J connectivity index is 0.00000280. The van der Waals surface area contributed by atoms with Crippen LogP contribution in [0.25, 0.3) is 0 Å². The van der Waals surface area contributed by atoms with Gasteiger partial charge in [-0.25, -0.2) is 9.98 Å². The number of aryl methyl sites for hydroxylation is 1. The number of nitrogens with zero attached hydrogens (tertiary/aromatic N) is 7. The second-order valence-electron chi connectivity index (χ2n) is 5.91. The zero-order valence-electron chi connectivity index (χ0n) is 16.1. The Labute approximate surface area is 189 Å². The van der Waals surface area contributed by atoms with Crippen LogP contribution in [0.2, 0.25) is 0 Å². The van der Waals surface area contributed by atoms with Crippen LogP contribution >= 0.6 is 39.9 Å². The summed E-state index contributed by atoms with van der Waals surface area (Å²) in [5.74, 6) is 3.16. The van der Waals surface area contributed by atoms with Gasteiger partial charge in [-0.15, -0.1) is 24.0 Å². The number of aliphatic imine (C=N–C) groups is 1. The highest BCUT2D eigenvalue weighted by Gasteiger charge is 2.22. The van der Waals surface area contributed by atoms with Crippen LogP contribution in [-0.4, -0.2) is 70.8 Å². The summed E-state index contributed by atoms with van der Waals surface area (Å²) in [7, 11) is 1.60. The van der Waals surface area contributed by atoms with Crippen molar-refractivity contribution in [2.45, 2.75) is 20.4 Å². The number of nitrogens with one attached hydrogen (secondary N) is 1. The Bertz CT molecular complexity index is 795. The van der Waals surface area contributed by atoms with E-state index in [1.807, 2.05) is 6.92 Å². The lowest BCUT2D eigenvalue weighted by Crippen LogP contribution is -2.53. The van der Waals surface area contributed by atoms with E-state index in [0.29, 0.717) is 30.1 Å². The molecule has 0 atom stereocenters. The van der Waals surface area contributed by atoms with E-state index in [-0.39, 0.29) is 24.0 Å². The molecule has 0 amide bonds. The first-order valence-corrected chi connectivity index (χ1v) is 9.54. The molecule has 154 valence electrons. The average Bonchev–Trinajstić information content (AvgIpc) is 3.11. The highest BCUT2D eigenvalue weighted by molar-refractivity contribution is 14.0. The van der Waals surface area contributed by atoms with Gasteiger partial charge in [0.1, 0.15) is 6.54 Å². The minimum absolute atomic E-state index is 0. The Morgan fingerprint density at radius 2 is 2.07 bits per heavy atom. The molecule has 0 spiro atoms. The van der Waals surface area contributed by atoms with Gasteiger partial charge in [0.15, 0.2) is 11.8 Å². The molecule has 1 N–H and O–H groups in total. The molecule has 2 aromatic rings. The molecule has 28 heavy (non-hydrogen) atoms. The van der Waals surface area contributed by atoms with Crippen LogP contribution in [0.15, 0.2) is 20.2 Å². The molecule has 0 radical (unpaired) electrons. The van der Waals surface area contributed by atoms with Gasteiger partial charge >= 0.3 is 0 Å². The number of guanidine groups is 1. The minimum Gasteiger partial charge on any atom is -0.480 e. The van der Waals surface area contributed by atoms with E-state index in [1.54, 1.807) is 20.2 Å². The lowest BCUT2D eigenvalue weighted by molar-refractivity contribution is 0.360. The molecule has 0 saturated carbocycles. The third-order valence-electron chi connectivity index (χ3n) is 4.02. The van der Waals surface area contributed by atoms with Crippen molar-refractivity contribution < 1.29 is 9.26 Å². The highest BCUT2D eigenvalue weighted by atomic mass is 127. The number of piperazine rings is 1. The molecule has 1 fully saturated rings. The maximum absolute atomic E-state index is 5.26. The topological polar surface area (TPSA) is 105 Å². The van der Waals surface area contributed by atoms with Crippen LogP contribution < -0.4 is 15.0 Å². The predicted molar refractivity (Wildman–Crippen MR) is 119 cm³/mol. The summed E-state index contributed by atoms with van der Waals surface area (Å²) in [5.41, 5.74) is 0. The van der Waals surface area contributed by atoms with Crippen molar-refractivity contribution in [2.24, 2.45) is 4.99 Å². The van der Waals surface area contributed by atoms with Crippen molar-refractivity contribution in [1.82, 2.24) is 30.3 Å². The summed E-state index contributed by atoms with van der Waals surface area (Å²) < 4.78 is 11.1. The lowest BCUT2D eigenvalue weighted by atomic mass is 10.3. The van der Waals surface area contributed by atoms with Crippen LogP contribution in [0, 0.1) is 6.92 Å². The molecule has 0 bridgehead atoms. The minimum atomic E-state index is 0. The van der Waals surface area contributed by atoms with Crippen molar-refractivity contribution >= 4 is 51.8 Å². The van der Waals surface area contributed by atoms with Gasteiger partial charge in [-0.3, -0.25) is 0 Å². The first kappa shape index (κ1) is 22.6. The molecule has 0 aliphatic carbocycles. The number of hydrogen-bond acceptors (Lipinski definition) is 8. The fraction of sp³-hybridized carbons (Fsp3) is 0.562.